The summed E-state index contributed by atoms with van der Waals surface area (Å²) in [5.41, 5.74) is 1.85. The fourth-order valence-electron chi connectivity index (χ4n) is 2.93. The molecular formula is C22H23N3O3. The van der Waals surface area contributed by atoms with Crippen LogP contribution in [0.1, 0.15) is 20.8 Å². The van der Waals surface area contributed by atoms with Crippen LogP contribution in [0, 0.1) is 0 Å². The third-order valence-electron chi connectivity index (χ3n) is 4.11. The van der Waals surface area contributed by atoms with Gasteiger partial charge < -0.3 is 15.0 Å². The second-order valence-electron chi connectivity index (χ2n) is 6.67. The summed E-state index contributed by atoms with van der Waals surface area (Å²) >= 11 is 0. The molecule has 0 unspecified atom stereocenters. The maximum atomic E-state index is 12.7. The second kappa shape index (κ2) is 8.52. The van der Waals surface area contributed by atoms with Crippen molar-refractivity contribution in [2.24, 2.45) is 0 Å². The Balaban J connectivity index is 1.84. The third kappa shape index (κ3) is 4.46. The van der Waals surface area contributed by atoms with Crippen molar-refractivity contribution in [1.82, 2.24) is 4.98 Å². The first-order valence-corrected chi connectivity index (χ1v) is 9.13. The predicted octanol–water partition coefficient (Wildman–Crippen LogP) is 4.01. The highest BCUT2D eigenvalue weighted by Crippen LogP contribution is 2.27. The number of anilines is 2. The highest BCUT2D eigenvalue weighted by Gasteiger charge is 2.19. The normalized spacial score (nSPS) is 10.7. The summed E-state index contributed by atoms with van der Waals surface area (Å²) in [5.74, 6) is 0.0370. The third-order valence-corrected chi connectivity index (χ3v) is 4.11. The monoisotopic (exact) mass is 377 g/mol. The lowest BCUT2D eigenvalue weighted by Crippen LogP contribution is -2.37. The molecule has 144 valence electrons. The van der Waals surface area contributed by atoms with Crippen molar-refractivity contribution >= 4 is 34.1 Å². The Morgan fingerprint density at radius 1 is 1.07 bits per heavy atom. The number of benzene rings is 2. The van der Waals surface area contributed by atoms with Gasteiger partial charge in [-0.2, -0.15) is 0 Å². The van der Waals surface area contributed by atoms with E-state index in [2.05, 4.69) is 10.3 Å². The number of para-hydroxylation sites is 3. The van der Waals surface area contributed by atoms with E-state index in [-0.39, 0.29) is 24.5 Å². The minimum absolute atomic E-state index is 0.0199. The van der Waals surface area contributed by atoms with Gasteiger partial charge in [-0.25, -0.2) is 0 Å². The number of carbonyl (C=O) groups is 2. The zero-order chi connectivity index (χ0) is 20.1. The standard InChI is InChI=1S/C22H23N3O3/c1-15(2)28-20-12-5-4-10-18(20)24-21(27)14-25(16(3)26)19-11-6-8-17-9-7-13-23-22(17)19/h4-13,15H,14H2,1-3H3,(H,24,27). The molecule has 0 radical (unpaired) electrons. The summed E-state index contributed by atoms with van der Waals surface area (Å²) in [6, 6.07) is 16.5. The summed E-state index contributed by atoms with van der Waals surface area (Å²) in [7, 11) is 0. The molecule has 0 atom stereocenters. The Kier molecular flexibility index (Phi) is 5.89. The number of carbonyl (C=O) groups excluding carboxylic acids is 2. The van der Waals surface area contributed by atoms with Gasteiger partial charge >= 0.3 is 0 Å². The first-order chi connectivity index (χ1) is 13.5. The fourth-order valence-corrected chi connectivity index (χ4v) is 2.93. The summed E-state index contributed by atoms with van der Waals surface area (Å²) in [4.78, 5) is 30.8. The van der Waals surface area contributed by atoms with E-state index in [1.165, 1.54) is 11.8 Å². The number of ether oxygens (including phenoxy) is 1. The average Bonchev–Trinajstić information content (AvgIpc) is 2.67. The second-order valence-corrected chi connectivity index (χ2v) is 6.67. The van der Waals surface area contributed by atoms with E-state index >= 15 is 0 Å². The van der Waals surface area contributed by atoms with Crippen LogP contribution < -0.4 is 15.0 Å². The molecule has 1 N–H and O–H groups in total. The largest absolute Gasteiger partial charge is 0.489 e. The van der Waals surface area contributed by atoms with Crippen molar-refractivity contribution in [3.8, 4) is 5.75 Å². The van der Waals surface area contributed by atoms with Gasteiger partial charge in [0.1, 0.15) is 12.3 Å². The van der Waals surface area contributed by atoms with Gasteiger partial charge in [-0.15, -0.1) is 0 Å². The van der Waals surface area contributed by atoms with Crippen LogP contribution in [-0.4, -0.2) is 29.4 Å². The van der Waals surface area contributed by atoms with Crippen LogP contribution in [0.25, 0.3) is 10.9 Å². The Morgan fingerprint density at radius 3 is 2.57 bits per heavy atom. The zero-order valence-electron chi connectivity index (χ0n) is 16.2. The van der Waals surface area contributed by atoms with Crippen LogP contribution in [0.5, 0.6) is 5.75 Å². The number of hydrogen-bond donors (Lipinski definition) is 1. The van der Waals surface area contributed by atoms with Gasteiger partial charge in [0, 0.05) is 18.5 Å². The molecule has 0 fully saturated rings. The SMILES string of the molecule is CC(=O)N(CC(=O)Nc1ccccc1OC(C)C)c1cccc2cccnc12. The van der Waals surface area contributed by atoms with Crippen LogP contribution in [-0.2, 0) is 9.59 Å². The van der Waals surface area contributed by atoms with Gasteiger partial charge in [-0.05, 0) is 38.1 Å². The molecule has 6 nitrogen and oxygen atoms in total. The number of fused-ring (bicyclic) bond motifs is 1. The first kappa shape index (κ1) is 19.4. The van der Waals surface area contributed by atoms with E-state index < -0.39 is 0 Å². The summed E-state index contributed by atoms with van der Waals surface area (Å²) < 4.78 is 5.74. The number of amides is 2. The van der Waals surface area contributed by atoms with Gasteiger partial charge in [0.2, 0.25) is 11.8 Å². The number of nitrogens with one attached hydrogen (secondary N) is 1. The molecule has 28 heavy (non-hydrogen) atoms. The molecule has 0 saturated heterocycles. The van der Waals surface area contributed by atoms with Gasteiger partial charge in [-0.3, -0.25) is 14.6 Å². The smallest absolute Gasteiger partial charge is 0.244 e. The van der Waals surface area contributed by atoms with Gasteiger partial charge in [-0.1, -0.05) is 30.3 Å². The zero-order valence-corrected chi connectivity index (χ0v) is 16.2. The number of aromatic nitrogens is 1. The summed E-state index contributed by atoms with van der Waals surface area (Å²) in [5, 5.41) is 3.75. The van der Waals surface area contributed by atoms with Crippen molar-refractivity contribution in [1.29, 1.82) is 0 Å². The topological polar surface area (TPSA) is 71.5 Å². The first-order valence-electron chi connectivity index (χ1n) is 9.13. The lowest BCUT2D eigenvalue weighted by atomic mass is 10.1. The Labute approximate surface area is 164 Å². The molecule has 0 spiro atoms. The van der Waals surface area contributed by atoms with E-state index in [9.17, 15) is 9.59 Å². The fraction of sp³-hybridized carbons (Fsp3) is 0.227. The molecule has 0 saturated carbocycles. The molecular weight excluding hydrogens is 354 g/mol. The summed E-state index contributed by atoms with van der Waals surface area (Å²) in [6.07, 6.45) is 1.65. The summed E-state index contributed by atoms with van der Waals surface area (Å²) in [6.45, 7) is 5.15. The molecule has 6 heteroatoms. The Bertz CT molecular complexity index is 996. The lowest BCUT2D eigenvalue weighted by molar-refractivity contribution is -0.120. The number of nitrogens with zero attached hydrogens (tertiary/aromatic N) is 2. The van der Waals surface area contributed by atoms with Crippen LogP contribution in [0.4, 0.5) is 11.4 Å². The van der Waals surface area contributed by atoms with Gasteiger partial charge in [0.05, 0.1) is 23.0 Å². The molecule has 3 aromatic rings. The minimum atomic E-state index is -0.317. The van der Waals surface area contributed by atoms with Crippen LogP contribution in [0.2, 0.25) is 0 Å². The highest BCUT2D eigenvalue weighted by molar-refractivity contribution is 6.06. The van der Waals surface area contributed by atoms with E-state index in [4.69, 9.17) is 4.74 Å². The van der Waals surface area contributed by atoms with Gasteiger partial charge in [0.25, 0.3) is 0 Å². The van der Waals surface area contributed by atoms with Crippen LogP contribution in [0.3, 0.4) is 0 Å². The quantitative estimate of drug-likeness (QED) is 0.704. The molecule has 3 rings (SSSR count). The average molecular weight is 377 g/mol. The Hall–Kier alpha value is -3.41. The maximum Gasteiger partial charge on any atom is 0.244 e. The molecule has 1 aromatic heterocycles. The number of hydrogen-bond acceptors (Lipinski definition) is 4. The highest BCUT2D eigenvalue weighted by atomic mass is 16.5. The molecule has 0 aliphatic carbocycles. The molecule has 0 aliphatic rings. The van der Waals surface area contributed by atoms with Crippen molar-refractivity contribution < 1.29 is 14.3 Å². The van der Waals surface area contributed by atoms with Crippen molar-refractivity contribution in [2.75, 3.05) is 16.8 Å². The van der Waals surface area contributed by atoms with E-state index in [1.807, 2.05) is 50.2 Å². The van der Waals surface area contributed by atoms with Gasteiger partial charge in [0.15, 0.2) is 0 Å². The van der Waals surface area contributed by atoms with E-state index in [1.54, 1.807) is 24.4 Å². The predicted molar refractivity (Wildman–Crippen MR) is 111 cm³/mol. The van der Waals surface area contributed by atoms with Crippen molar-refractivity contribution in [3.05, 3.63) is 60.8 Å². The maximum absolute atomic E-state index is 12.7. The van der Waals surface area contributed by atoms with Crippen molar-refractivity contribution in [3.63, 3.8) is 0 Å². The Morgan fingerprint density at radius 2 is 1.82 bits per heavy atom. The van der Waals surface area contributed by atoms with Crippen molar-refractivity contribution in [2.45, 2.75) is 26.9 Å². The van der Waals surface area contributed by atoms with Crippen LogP contribution in [0.15, 0.2) is 60.8 Å². The van der Waals surface area contributed by atoms with E-state index in [0.29, 0.717) is 22.6 Å². The van der Waals surface area contributed by atoms with Crippen LogP contribution >= 0.6 is 0 Å². The molecule has 1 heterocycles. The molecule has 2 aromatic carbocycles. The number of rotatable bonds is 6. The molecule has 2 amide bonds. The lowest BCUT2D eigenvalue weighted by Gasteiger charge is -2.22. The number of pyridine rings is 1. The van der Waals surface area contributed by atoms with E-state index in [0.717, 1.165) is 5.39 Å². The minimum Gasteiger partial charge on any atom is -0.489 e. The molecule has 0 aliphatic heterocycles. The molecule has 0 bridgehead atoms.